The molecular weight excluding hydrogens is 565 g/mol. The van der Waals surface area contributed by atoms with Crippen molar-refractivity contribution in [1.29, 1.82) is 0 Å². The number of para-hydroxylation sites is 3. The van der Waals surface area contributed by atoms with Gasteiger partial charge in [-0.15, -0.1) is 11.3 Å². The molecule has 3 heteroatoms. The van der Waals surface area contributed by atoms with Crippen molar-refractivity contribution >= 4 is 70.4 Å². The predicted octanol–water partition coefficient (Wildman–Crippen LogP) is 12.3. The van der Waals surface area contributed by atoms with Gasteiger partial charge >= 0.3 is 0 Å². The van der Waals surface area contributed by atoms with E-state index in [0.717, 1.165) is 17.1 Å². The van der Waals surface area contributed by atoms with Crippen LogP contribution in [0, 0.1) is 0 Å². The van der Waals surface area contributed by atoms with Gasteiger partial charge in [0.15, 0.2) is 0 Å². The average Bonchev–Trinajstić information content (AvgIpc) is 3.65. The molecule has 2 aromatic heterocycles. The third-order valence-electron chi connectivity index (χ3n) is 8.80. The number of fused-ring (bicyclic) bond motifs is 6. The molecule has 212 valence electrons. The second kappa shape index (κ2) is 10.5. The van der Waals surface area contributed by atoms with E-state index in [4.69, 9.17) is 0 Å². The molecule has 0 aliphatic rings. The zero-order valence-corrected chi connectivity index (χ0v) is 25.3. The summed E-state index contributed by atoms with van der Waals surface area (Å²) < 4.78 is 4.99. The molecule has 0 saturated heterocycles. The molecule has 0 spiro atoms. The van der Waals surface area contributed by atoms with Crippen molar-refractivity contribution in [3.8, 4) is 16.8 Å². The summed E-state index contributed by atoms with van der Waals surface area (Å²) >= 11 is 1.86. The van der Waals surface area contributed by atoms with E-state index in [1.54, 1.807) is 0 Å². The van der Waals surface area contributed by atoms with Crippen LogP contribution in [-0.2, 0) is 0 Å². The fraction of sp³-hybridized carbons (Fsp3) is 0. The van der Waals surface area contributed by atoms with E-state index < -0.39 is 0 Å². The monoisotopic (exact) mass is 592 g/mol. The van der Waals surface area contributed by atoms with Crippen molar-refractivity contribution in [3.05, 3.63) is 170 Å². The Kier molecular flexibility index (Phi) is 6.03. The van der Waals surface area contributed by atoms with Gasteiger partial charge < -0.3 is 9.47 Å². The minimum absolute atomic E-state index is 1.13. The molecule has 0 fully saturated rings. The van der Waals surface area contributed by atoms with Crippen LogP contribution >= 0.6 is 11.3 Å². The molecule has 0 amide bonds. The number of nitrogens with zero attached hydrogens (tertiary/aromatic N) is 2. The van der Waals surface area contributed by atoms with Gasteiger partial charge in [-0.25, -0.2) is 0 Å². The summed E-state index contributed by atoms with van der Waals surface area (Å²) in [5.41, 5.74) is 9.44. The van der Waals surface area contributed by atoms with Crippen LogP contribution in [0.25, 0.3) is 58.8 Å². The van der Waals surface area contributed by atoms with Crippen LogP contribution in [-0.4, -0.2) is 4.57 Å². The Hall–Kier alpha value is -5.64. The highest BCUT2D eigenvalue weighted by atomic mass is 32.1. The minimum atomic E-state index is 1.13. The van der Waals surface area contributed by atoms with Crippen molar-refractivity contribution in [2.24, 2.45) is 0 Å². The van der Waals surface area contributed by atoms with Crippen molar-refractivity contribution in [3.63, 3.8) is 0 Å². The fourth-order valence-corrected chi connectivity index (χ4v) is 7.82. The maximum Gasteiger partial charge on any atom is 0.0541 e. The molecule has 9 rings (SSSR count). The quantitative estimate of drug-likeness (QED) is 0.193. The van der Waals surface area contributed by atoms with Gasteiger partial charge in [0.05, 0.1) is 11.0 Å². The Morgan fingerprint density at radius 3 is 1.58 bits per heavy atom. The second-order valence-electron chi connectivity index (χ2n) is 11.4. The third-order valence-corrected chi connectivity index (χ3v) is 9.93. The Morgan fingerprint density at radius 1 is 0.378 bits per heavy atom. The summed E-state index contributed by atoms with van der Waals surface area (Å²) in [6.45, 7) is 0. The summed E-state index contributed by atoms with van der Waals surface area (Å²) in [7, 11) is 0. The Labute approximate surface area is 265 Å². The molecule has 0 aliphatic heterocycles. The number of benzene rings is 7. The highest BCUT2D eigenvalue weighted by Gasteiger charge is 2.15. The number of aromatic nitrogens is 1. The standard InChI is InChI=1S/C42H28N2S/c1-2-10-31(11-3-1)43(34-26-27-38-37-14-6-9-17-41(37)45-42(38)28-34)32-22-18-29(19-23-32)30-20-24-33(25-21-30)44-39-15-7-4-12-35(39)36-13-5-8-16-40(36)44/h1-28H. The van der Waals surface area contributed by atoms with E-state index in [0.29, 0.717) is 0 Å². The molecule has 2 nitrogen and oxygen atoms in total. The fourth-order valence-electron chi connectivity index (χ4n) is 6.68. The van der Waals surface area contributed by atoms with Gasteiger partial charge in [0.2, 0.25) is 0 Å². The van der Waals surface area contributed by atoms with Crippen LogP contribution in [0.1, 0.15) is 0 Å². The molecule has 0 radical (unpaired) electrons. The van der Waals surface area contributed by atoms with Crippen LogP contribution in [0.15, 0.2) is 170 Å². The van der Waals surface area contributed by atoms with E-state index in [9.17, 15) is 0 Å². The van der Waals surface area contributed by atoms with Crippen LogP contribution in [0.3, 0.4) is 0 Å². The Balaban J connectivity index is 1.08. The first kappa shape index (κ1) is 25.8. The Morgan fingerprint density at radius 2 is 0.889 bits per heavy atom. The van der Waals surface area contributed by atoms with Crippen molar-refractivity contribution in [2.45, 2.75) is 0 Å². The van der Waals surface area contributed by atoms with E-state index in [1.807, 2.05) is 11.3 Å². The Bertz CT molecular complexity index is 2420. The number of hydrogen-bond acceptors (Lipinski definition) is 2. The minimum Gasteiger partial charge on any atom is -0.310 e. The normalized spacial score (nSPS) is 11.6. The number of hydrogen-bond donors (Lipinski definition) is 0. The molecule has 0 aliphatic carbocycles. The largest absolute Gasteiger partial charge is 0.310 e. The molecule has 9 aromatic rings. The van der Waals surface area contributed by atoms with E-state index in [2.05, 4.69) is 179 Å². The highest BCUT2D eigenvalue weighted by molar-refractivity contribution is 7.25. The zero-order valence-electron chi connectivity index (χ0n) is 24.5. The molecule has 0 N–H and O–H groups in total. The lowest BCUT2D eigenvalue weighted by atomic mass is 10.0. The number of thiophene rings is 1. The summed E-state index contributed by atoms with van der Waals surface area (Å²) in [5.74, 6) is 0. The van der Waals surface area contributed by atoms with E-state index in [1.165, 1.54) is 58.8 Å². The van der Waals surface area contributed by atoms with Crippen LogP contribution in [0.2, 0.25) is 0 Å². The molecule has 2 heterocycles. The topological polar surface area (TPSA) is 8.17 Å². The molecule has 45 heavy (non-hydrogen) atoms. The van der Waals surface area contributed by atoms with Crippen molar-refractivity contribution in [1.82, 2.24) is 4.57 Å². The van der Waals surface area contributed by atoms with Gasteiger partial charge in [-0.1, -0.05) is 103 Å². The van der Waals surface area contributed by atoms with Crippen LogP contribution in [0.4, 0.5) is 17.1 Å². The van der Waals surface area contributed by atoms with Gasteiger partial charge in [0, 0.05) is 53.7 Å². The van der Waals surface area contributed by atoms with E-state index in [-0.39, 0.29) is 0 Å². The first-order valence-corrected chi connectivity index (χ1v) is 16.1. The van der Waals surface area contributed by atoms with Crippen molar-refractivity contribution < 1.29 is 0 Å². The lowest BCUT2D eigenvalue weighted by Gasteiger charge is -2.25. The van der Waals surface area contributed by atoms with E-state index >= 15 is 0 Å². The SMILES string of the molecule is c1ccc(N(c2ccc(-c3ccc(-n4c5ccccc5c5ccccc54)cc3)cc2)c2ccc3c(c2)sc2ccccc23)cc1. The highest BCUT2D eigenvalue weighted by Crippen LogP contribution is 2.41. The molecule has 0 unspecified atom stereocenters. The van der Waals surface area contributed by atoms with Gasteiger partial charge in [-0.05, 0) is 77.9 Å². The van der Waals surface area contributed by atoms with Gasteiger partial charge in [0.1, 0.15) is 0 Å². The zero-order chi connectivity index (χ0) is 29.7. The smallest absolute Gasteiger partial charge is 0.0541 e. The van der Waals surface area contributed by atoms with Gasteiger partial charge in [-0.3, -0.25) is 0 Å². The summed E-state index contributed by atoms with van der Waals surface area (Å²) in [6, 6.07) is 61.3. The van der Waals surface area contributed by atoms with Gasteiger partial charge in [0.25, 0.3) is 0 Å². The number of rotatable bonds is 5. The molecular formula is C42H28N2S. The third kappa shape index (κ3) is 4.32. The molecule has 0 bridgehead atoms. The summed E-state index contributed by atoms with van der Waals surface area (Å²) in [6.07, 6.45) is 0. The summed E-state index contributed by atoms with van der Waals surface area (Å²) in [4.78, 5) is 2.35. The first-order chi connectivity index (χ1) is 22.3. The molecule has 0 saturated carbocycles. The predicted molar refractivity (Wildman–Crippen MR) is 194 cm³/mol. The van der Waals surface area contributed by atoms with Crippen molar-refractivity contribution in [2.75, 3.05) is 4.90 Å². The lowest BCUT2D eigenvalue weighted by molar-refractivity contribution is 1.18. The summed E-state index contributed by atoms with van der Waals surface area (Å²) in [5, 5.41) is 5.19. The molecule has 7 aromatic carbocycles. The molecule has 0 atom stereocenters. The van der Waals surface area contributed by atoms with Crippen LogP contribution in [0.5, 0.6) is 0 Å². The maximum atomic E-state index is 2.36. The first-order valence-electron chi connectivity index (χ1n) is 15.3. The average molecular weight is 593 g/mol. The second-order valence-corrected chi connectivity index (χ2v) is 12.5. The lowest BCUT2D eigenvalue weighted by Crippen LogP contribution is -2.09. The maximum absolute atomic E-state index is 2.36. The van der Waals surface area contributed by atoms with Crippen LogP contribution < -0.4 is 4.90 Å². The number of anilines is 3. The van der Waals surface area contributed by atoms with Gasteiger partial charge in [-0.2, -0.15) is 0 Å².